The third-order valence-corrected chi connectivity index (χ3v) is 4.93. The zero-order chi connectivity index (χ0) is 16.1. The topological polar surface area (TPSA) is 23.8 Å². The van der Waals surface area contributed by atoms with Crippen LogP contribution < -0.4 is 0 Å². The van der Waals surface area contributed by atoms with Crippen LogP contribution in [0.4, 0.5) is 0 Å². The standard InChI is InChI=1S/C22H23N.H2/c1-17-2-12-21(13-3-17)22-14-10-19(11-15-22)5-4-18-6-8-20(16-23)9-7-18;/h4-11,14-15,17,21H,2-3,12-13H2,1H3;1H. The Morgan fingerprint density at radius 2 is 1.39 bits per heavy atom. The highest BCUT2D eigenvalue weighted by molar-refractivity contribution is 5.69. The van der Waals surface area contributed by atoms with E-state index in [9.17, 15) is 0 Å². The van der Waals surface area contributed by atoms with E-state index in [-0.39, 0.29) is 1.43 Å². The molecule has 1 fully saturated rings. The molecule has 1 aliphatic carbocycles. The van der Waals surface area contributed by atoms with Crippen molar-refractivity contribution in [2.75, 3.05) is 0 Å². The van der Waals surface area contributed by atoms with E-state index < -0.39 is 0 Å². The first-order chi connectivity index (χ1) is 11.2. The Balaban J connectivity index is 0.00000208. The highest BCUT2D eigenvalue weighted by atomic mass is 14.2. The summed E-state index contributed by atoms with van der Waals surface area (Å²) in [7, 11) is 0. The second kappa shape index (κ2) is 7.29. The van der Waals surface area contributed by atoms with Gasteiger partial charge < -0.3 is 0 Å². The van der Waals surface area contributed by atoms with Crippen LogP contribution in [0.25, 0.3) is 12.2 Å². The molecule has 0 atom stereocenters. The molecule has 1 saturated carbocycles. The molecular formula is C22H25N. The largest absolute Gasteiger partial charge is 0.192 e. The van der Waals surface area contributed by atoms with Gasteiger partial charge in [0.05, 0.1) is 11.6 Å². The normalized spacial score (nSPS) is 21.2. The Hall–Kier alpha value is -2.33. The second-order valence-corrected chi connectivity index (χ2v) is 6.69. The Morgan fingerprint density at radius 3 is 1.91 bits per heavy atom. The molecule has 0 bridgehead atoms. The van der Waals surface area contributed by atoms with Gasteiger partial charge in [0.15, 0.2) is 0 Å². The number of nitriles is 1. The Morgan fingerprint density at radius 1 is 0.870 bits per heavy atom. The quantitative estimate of drug-likeness (QED) is 0.613. The van der Waals surface area contributed by atoms with Crippen molar-refractivity contribution in [1.82, 2.24) is 0 Å². The number of hydrogen-bond donors (Lipinski definition) is 0. The minimum Gasteiger partial charge on any atom is -0.192 e. The SMILES string of the molecule is CC1CCC(c2ccc(C=Cc3ccc(C#N)cc3)cc2)CC1.[HH]. The van der Waals surface area contributed by atoms with Crippen LogP contribution in [-0.4, -0.2) is 0 Å². The predicted octanol–water partition coefficient (Wildman–Crippen LogP) is 6.27. The van der Waals surface area contributed by atoms with E-state index in [2.05, 4.69) is 49.4 Å². The van der Waals surface area contributed by atoms with Crippen LogP contribution in [-0.2, 0) is 0 Å². The van der Waals surface area contributed by atoms with Crippen molar-refractivity contribution in [3.63, 3.8) is 0 Å². The maximum atomic E-state index is 8.82. The molecule has 0 spiro atoms. The van der Waals surface area contributed by atoms with Crippen molar-refractivity contribution >= 4 is 12.2 Å². The molecule has 0 heterocycles. The summed E-state index contributed by atoms with van der Waals surface area (Å²) < 4.78 is 0. The van der Waals surface area contributed by atoms with Gasteiger partial charge in [0.2, 0.25) is 0 Å². The van der Waals surface area contributed by atoms with Crippen molar-refractivity contribution in [1.29, 1.82) is 5.26 Å². The summed E-state index contributed by atoms with van der Waals surface area (Å²) in [5.74, 6) is 1.66. The van der Waals surface area contributed by atoms with Crippen molar-refractivity contribution in [3.8, 4) is 6.07 Å². The van der Waals surface area contributed by atoms with Crippen LogP contribution in [0, 0.1) is 17.2 Å². The molecule has 1 nitrogen and oxygen atoms in total. The number of nitrogens with zero attached hydrogens (tertiary/aromatic N) is 1. The summed E-state index contributed by atoms with van der Waals surface area (Å²) in [5.41, 5.74) is 4.54. The third-order valence-electron chi connectivity index (χ3n) is 4.93. The summed E-state index contributed by atoms with van der Waals surface area (Å²) >= 11 is 0. The monoisotopic (exact) mass is 303 g/mol. The number of benzene rings is 2. The smallest absolute Gasteiger partial charge is 0.0991 e. The lowest BCUT2D eigenvalue weighted by molar-refractivity contribution is 0.348. The highest BCUT2D eigenvalue weighted by Crippen LogP contribution is 2.35. The lowest BCUT2D eigenvalue weighted by Crippen LogP contribution is -2.10. The van der Waals surface area contributed by atoms with Crippen molar-refractivity contribution in [2.24, 2.45) is 5.92 Å². The van der Waals surface area contributed by atoms with Crippen molar-refractivity contribution < 1.29 is 1.43 Å². The molecule has 0 unspecified atom stereocenters. The van der Waals surface area contributed by atoms with Gasteiger partial charge in [0.1, 0.15) is 0 Å². The maximum Gasteiger partial charge on any atom is 0.0991 e. The van der Waals surface area contributed by atoms with Crippen LogP contribution in [0.2, 0.25) is 0 Å². The first-order valence-electron chi connectivity index (χ1n) is 8.53. The summed E-state index contributed by atoms with van der Waals surface area (Å²) in [4.78, 5) is 0. The van der Waals surface area contributed by atoms with E-state index in [0.29, 0.717) is 5.56 Å². The molecule has 2 aromatic rings. The van der Waals surface area contributed by atoms with E-state index >= 15 is 0 Å². The van der Waals surface area contributed by atoms with Crippen molar-refractivity contribution in [2.45, 2.75) is 38.5 Å². The fourth-order valence-electron chi connectivity index (χ4n) is 3.33. The van der Waals surface area contributed by atoms with Gasteiger partial charge in [0, 0.05) is 1.43 Å². The van der Waals surface area contributed by atoms with E-state index in [4.69, 9.17) is 5.26 Å². The van der Waals surface area contributed by atoms with Crippen LogP contribution in [0.15, 0.2) is 48.5 Å². The van der Waals surface area contributed by atoms with E-state index in [1.54, 1.807) is 0 Å². The summed E-state index contributed by atoms with van der Waals surface area (Å²) in [6.07, 6.45) is 9.63. The predicted molar refractivity (Wildman–Crippen MR) is 99.0 cm³/mol. The molecule has 118 valence electrons. The molecule has 2 aromatic carbocycles. The van der Waals surface area contributed by atoms with Crippen LogP contribution in [0.3, 0.4) is 0 Å². The Kier molecular flexibility index (Phi) is 4.93. The minimum absolute atomic E-state index is 0. The van der Waals surface area contributed by atoms with Crippen LogP contribution >= 0.6 is 0 Å². The highest BCUT2D eigenvalue weighted by Gasteiger charge is 2.19. The van der Waals surface area contributed by atoms with Crippen molar-refractivity contribution in [3.05, 3.63) is 70.8 Å². The third kappa shape index (κ3) is 4.11. The van der Waals surface area contributed by atoms with E-state index in [1.807, 2.05) is 24.3 Å². The van der Waals surface area contributed by atoms with Crippen LogP contribution in [0.1, 0.15) is 62.2 Å². The summed E-state index contributed by atoms with van der Waals surface area (Å²) in [6.45, 7) is 2.37. The van der Waals surface area contributed by atoms with Gasteiger partial charge in [0.25, 0.3) is 0 Å². The fourth-order valence-corrected chi connectivity index (χ4v) is 3.33. The van der Waals surface area contributed by atoms with Crippen LogP contribution in [0.5, 0.6) is 0 Å². The molecule has 1 heteroatoms. The molecule has 0 aliphatic heterocycles. The molecule has 0 amide bonds. The molecule has 0 radical (unpaired) electrons. The van der Waals surface area contributed by atoms with Gasteiger partial charge in [-0.25, -0.2) is 0 Å². The van der Waals surface area contributed by atoms with Gasteiger partial charge in [-0.1, -0.05) is 68.3 Å². The molecular weight excluding hydrogens is 278 g/mol. The lowest BCUT2D eigenvalue weighted by atomic mass is 9.79. The van der Waals surface area contributed by atoms with E-state index in [1.165, 1.54) is 36.8 Å². The first kappa shape index (κ1) is 15.6. The molecule has 0 saturated heterocycles. The summed E-state index contributed by atoms with van der Waals surface area (Å²) in [6, 6.07) is 18.8. The summed E-state index contributed by atoms with van der Waals surface area (Å²) in [5, 5.41) is 8.82. The minimum atomic E-state index is 0. The molecule has 1 aliphatic rings. The number of hydrogen-bond acceptors (Lipinski definition) is 1. The lowest BCUT2D eigenvalue weighted by Gasteiger charge is -2.26. The Labute approximate surface area is 140 Å². The van der Waals surface area contributed by atoms with Gasteiger partial charge >= 0.3 is 0 Å². The zero-order valence-corrected chi connectivity index (χ0v) is 13.7. The molecule has 3 rings (SSSR count). The van der Waals surface area contributed by atoms with Gasteiger partial charge in [-0.15, -0.1) is 0 Å². The van der Waals surface area contributed by atoms with E-state index in [0.717, 1.165) is 17.4 Å². The van der Waals surface area contributed by atoms with Gasteiger partial charge in [-0.2, -0.15) is 5.26 Å². The first-order valence-corrected chi connectivity index (χ1v) is 8.53. The average Bonchev–Trinajstić information content (AvgIpc) is 2.61. The maximum absolute atomic E-state index is 8.82. The van der Waals surface area contributed by atoms with Gasteiger partial charge in [-0.3, -0.25) is 0 Å². The molecule has 0 N–H and O–H groups in total. The van der Waals surface area contributed by atoms with Gasteiger partial charge in [-0.05, 0) is 53.5 Å². The average molecular weight is 303 g/mol. The second-order valence-electron chi connectivity index (χ2n) is 6.69. The molecule has 0 aromatic heterocycles. The molecule has 23 heavy (non-hydrogen) atoms. The Bertz CT molecular complexity index is 699. The zero-order valence-electron chi connectivity index (χ0n) is 13.7. The number of rotatable bonds is 3. The fraction of sp³-hybridized carbons (Fsp3) is 0.318.